The van der Waals surface area contributed by atoms with Crippen molar-refractivity contribution >= 4 is 21.4 Å². The van der Waals surface area contributed by atoms with Crippen molar-refractivity contribution in [1.29, 1.82) is 0 Å². The Hall–Kier alpha value is -0.580. The van der Waals surface area contributed by atoms with E-state index in [1.54, 1.807) is 0 Å². The Bertz CT molecular complexity index is 593. The minimum absolute atomic E-state index is 0.0335. The Morgan fingerprint density at radius 3 is 2.48 bits per heavy atom. The monoisotopic (exact) mass is 327 g/mol. The van der Waals surface area contributed by atoms with Crippen molar-refractivity contribution < 1.29 is 8.42 Å². The van der Waals surface area contributed by atoms with Crippen LogP contribution in [0.15, 0.2) is 24.3 Å². The first-order chi connectivity index (χ1) is 9.99. The van der Waals surface area contributed by atoms with Gasteiger partial charge in [0.25, 0.3) is 0 Å². The lowest BCUT2D eigenvalue weighted by atomic mass is 9.71. The maximum absolute atomic E-state index is 11.7. The number of rotatable bonds is 4. The SMILES string of the molecule is O=S1(=O)CCCC(CNC2(c3ccc(Cl)cc3)CCC2)C1. The van der Waals surface area contributed by atoms with Gasteiger partial charge in [-0.2, -0.15) is 0 Å². The molecule has 2 fully saturated rings. The third kappa shape index (κ3) is 3.43. The highest BCUT2D eigenvalue weighted by Crippen LogP contribution is 2.41. The summed E-state index contributed by atoms with van der Waals surface area (Å²) in [6.07, 6.45) is 5.28. The van der Waals surface area contributed by atoms with Crippen molar-refractivity contribution in [3.8, 4) is 0 Å². The lowest BCUT2D eigenvalue weighted by Gasteiger charge is -2.44. The summed E-state index contributed by atoms with van der Waals surface area (Å²) in [4.78, 5) is 0. The highest BCUT2D eigenvalue weighted by atomic mass is 35.5. The molecule has 1 aromatic carbocycles. The standard InChI is InChI=1S/C16H22ClNO2S/c17-15-6-4-14(5-7-15)16(8-2-9-16)18-11-13-3-1-10-21(19,20)12-13/h4-7,13,18H,1-3,8-12H2. The third-order valence-electron chi connectivity index (χ3n) is 4.89. The molecule has 0 bridgehead atoms. The topological polar surface area (TPSA) is 46.2 Å². The molecule has 0 amide bonds. The van der Waals surface area contributed by atoms with Crippen LogP contribution in [0.5, 0.6) is 0 Å². The van der Waals surface area contributed by atoms with Crippen LogP contribution in [0.25, 0.3) is 0 Å². The molecule has 1 atom stereocenters. The molecule has 1 aromatic rings. The Kier molecular flexibility index (Phi) is 4.30. The molecule has 1 saturated heterocycles. The van der Waals surface area contributed by atoms with Crippen molar-refractivity contribution in [3.63, 3.8) is 0 Å². The van der Waals surface area contributed by atoms with E-state index in [0.29, 0.717) is 11.5 Å². The lowest BCUT2D eigenvalue weighted by molar-refractivity contribution is 0.175. The molecule has 0 spiro atoms. The quantitative estimate of drug-likeness (QED) is 0.924. The van der Waals surface area contributed by atoms with Gasteiger partial charge >= 0.3 is 0 Å². The van der Waals surface area contributed by atoms with E-state index >= 15 is 0 Å². The van der Waals surface area contributed by atoms with Gasteiger partial charge in [-0.1, -0.05) is 23.7 Å². The molecule has 21 heavy (non-hydrogen) atoms. The maximum Gasteiger partial charge on any atom is 0.150 e. The fourth-order valence-electron chi connectivity index (χ4n) is 3.49. The second-order valence-corrected chi connectivity index (χ2v) is 9.11. The van der Waals surface area contributed by atoms with Crippen LogP contribution in [0.2, 0.25) is 5.02 Å². The van der Waals surface area contributed by atoms with Gasteiger partial charge in [0.2, 0.25) is 0 Å². The fourth-order valence-corrected chi connectivity index (χ4v) is 5.39. The van der Waals surface area contributed by atoms with E-state index in [2.05, 4.69) is 17.4 Å². The van der Waals surface area contributed by atoms with Crippen LogP contribution in [0.4, 0.5) is 0 Å². The van der Waals surface area contributed by atoms with E-state index in [0.717, 1.165) is 37.3 Å². The van der Waals surface area contributed by atoms with Gasteiger partial charge in [-0.25, -0.2) is 8.42 Å². The summed E-state index contributed by atoms with van der Waals surface area (Å²) >= 11 is 5.97. The van der Waals surface area contributed by atoms with Crippen molar-refractivity contribution in [3.05, 3.63) is 34.9 Å². The zero-order chi connectivity index (χ0) is 14.9. The highest BCUT2D eigenvalue weighted by molar-refractivity contribution is 7.91. The molecule has 1 saturated carbocycles. The third-order valence-corrected chi connectivity index (χ3v) is 7.03. The predicted molar refractivity (Wildman–Crippen MR) is 86.4 cm³/mol. The fraction of sp³-hybridized carbons (Fsp3) is 0.625. The summed E-state index contributed by atoms with van der Waals surface area (Å²) in [6.45, 7) is 0.794. The molecule has 116 valence electrons. The average molecular weight is 328 g/mol. The summed E-state index contributed by atoms with van der Waals surface area (Å²) < 4.78 is 23.5. The molecule has 3 rings (SSSR count). The molecule has 1 heterocycles. The van der Waals surface area contributed by atoms with Crippen LogP contribution in [-0.2, 0) is 15.4 Å². The minimum Gasteiger partial charge on any atom is -0.307 e. The Balaban J connectivity index is 1.66. The summed E-state index contributed by atoms with van der Waals surface area (Å²) in [5, 5.41) is 4.42. The van der Waals surface area contributed by atoms with Crippen molar-refractivity contribution in [1.82, 2.24) is 5.32 Å². The average Bonchev–Trinajstić information content (AvgIpc) is 2.38. The number of sulfone groups is 1. The molecule has 2 aliphatic rings. The summed E-state index contributed by atoms with van der Waals surface area (Å²) in [7, 11) is -2.82. The number of hydrogen-bond donors (Lipinski definition) is 1. The van der Waals surface area contributed by atoms with Gasteiger partial charge in [0.05, 0.1) is 11.5 Å². The van der Waals surface area contributed by atoms with E-state index in [1.165, 1.54) is 12.0 Å². The molecule has 0 radical (unpaired) electrons. The van der Waals surface area contributed by atoms with Crippen LogP contribution >= 0.6 is 11.6 Å². The molecular weight excluding hydrogens is 306 g/mol. The van der Waals surface area contributed by atoms with Crippen molar-refractivity contribution in [2.24, 2.45) is 5.92 Å². The van der Waals surface area contributed by atoms with Crippen LogP contribution in [0.1, 0.15) is 37.7 Å². The van der Waals surface area contributed by atoms with E-state index in [4.69, 9.17) is 11.6 Å². The number of benzene rings is 1. The Morgan fingerprint density at radius 1 is 1.19 bits per heavy atom. The second-order valence-electron chi connectivity index (χ2n) is 6.45. The van der Waals surface area contributed by atoms with E-state index in [-0.39, 0.29) is 11.5 Å². The van der Waals surface area contributed by atoms with Crippen LogP contribution in [0.3, 0.4) is 0 Å². The first-order valence-corrected chi connectivity index (χ1v) is 9.91. The van der Waals surface area contributed by atoms with Gasteiger partial charge in [-0.3, -0.25) is 0 Å². The zero-order valence-electron chi connectivity index (χ0n) is 12.1. The van der Waals surface area contributed by atoms with E-state index in [1.807, 2.05) is 12.1 Å². The number of nitrogens with one attached hydrogen (secondary N) is 1. The zero-order valence-corrected chi connectivity index (χ0v) is 13.7. The summed E-state index contributed by atoms with van der Waals surface area (Å²) in [5.41, 5.74) is 1.31. The van der Waals surface area contributed by atoms with Gasteiger partial charge in [0.1, 0.15) is 0 Å². The number of halogens is 1. The van der Waals surface area contributed by atoms with Crippen LogP contribution < -0.4 is 5.32 Å². The largest absolute Gasteiger partial charge is 0.307 e. The minimum atomic E-state index is -2.82. The number of hydrogen-bond acceptors (Lipinski definition) is 3. The van der Waals surface area contributed by atoms with Gasteiger partial charge in [-0.05, 0) is 62.3 Å². The first kappa shape index (κ1) is 15.3. The van der Waals surface area contributed by atoms with E-state index in [9.17, 15) is 8.42 Å². The maximum atomic E-state index is 11.7. The Morgan fingerprint density at radius 2 is 1.90 bits per heavy atom. The lowest BCUT2D eigenvalue weighted by Crippen LogP contribution is -2.50. The van der Waals surface area contributed by atoms with Gasteiger partial charge in [0.15, 0.2) is 9.84 Å². The Labute approximate surface area is 132 Å². The van der Waals surface area contributed by atoms with Gasteiger partial charge < -0.3 is 5.32 Å². The highest BCUT2D eigenvalue weighted by Gasteiger charge is 2.39. The molecule has 0 aromatic heterocycles. The molecular formula is C16H22ClNO2S. The summed E-state index contributed by atoms with van der Waals surface area (Å²) in [6, 6.07) is 8.05. The van der Waals surface area contributed by atoms with Gasteiger partial charge in [0, 0.05) is 10.6 Å². The molecule has 1 aliphatic heterocycles. The molecule has 5 heteroatoms. The normalized spacial score (nSPS) is 27.0. The first-order valence-electron chi connectivity index (χ1n) is 7.71. The second kappa shape index (κ2) is 5.90. The molecule has 3 nitrogen and oxygen atoms in total. The van der Waals surface area contributed by atoms with Crippen molar-refractivity contribution in [2.45, 2.75) is 37.6 Å². The predicted octanol–water partition coefficient (Wildman–Crippen LogP) is 3.13. The molecule has 1 aliphatic carbocycles. The van der Waals surface area contributed by atoms with Gasteiger partial charge in [-0.15, -0.1) is 0 Å². The van der Waals surface area contributed by atoms with Crippen LogP contribution in [-0.4, -0.2) is 26.5 Å². The van der Waals surface area contributed by atoms with Crippen LogP contribution in [0, 0.1) is 5.92 Å². The smallest absolute Gasteiger partial charge is 0.150 e. The summed E-state index contributed by atoms with van der Waals surface area (Å²) in [5.74, 6) is 0.969. The molecule has 1 unspecified atom stereocenters. The van der Waals surface area contributed by atoms with E-state index < -0.39 is 9.84 Å². The molecule has 1 N–H and O–H groups in total. The van der Waals surface area contributed by atoms with Crippen molar-refractivity contribution in [2.75, 3.05) is 18.1 Å².